The van der Waals surface area contributed by atoms with Crippen LogP contribution in [-0.2, 0) is 9.47 Å². The lowest BCUT2D eigenvalue weighted by atomic mass is 10.7. The van der Waals surface area contributed by atoms with Gasteiger partial charge in [0.1, 0.15) is 0 Å². The minimum atomic E-state index is 0.703. The molecule has 0 amide bonds. The molecule has 0 saturated carbocycles. The van der Waals surface area contributed by atoms with Gasteiger partial charge in [-0.2, -0.15) is 0 Å². The van der Waals surface area contributed by atoms with Gasteiger partial charge in [-0.25, -0.2) is 0 Å². The Hall–Kier alpha value is 1.34. The first-order chi connectivity index (χ1) is 5.41. The van der Waals surface area contributed by atoms with E-state index in [1.54, 1.807) is 0 Å². The van der Waals surface area contributed by atoms with Gasteiger partial charge in [0.15, 0.2) is 0 Å². The van der Waals surface area contributed by atoms with Crippen LogP contribution in [0.25, 0.3) is 0 Å². The summed E-state index contributed by atoms with van der Waals surface area (Å²) < 4.78 is 14.5. The van der Waals surface area contributed by atoms with Gasteiger partial charge in [0.25, 0.3) is 0 Å². The van der Waals surface area contributed by atoms with E-state index >= 15 is 0 Å². The third kappa shape index (κ3) is 11.3. The summed E-state index contributed by atoms with van der Waals surface area (Å²) in [5.74, 6) is 0. The molecular formula is C6H13I2NO2. The van der Waals surface area contributed by atoms with Crippen molar-refractivity contribution in [2.45, 2.75) is 0 Å². The van der Waals surface area contributed by atoms with Crippen molar-refractivity contribution in [2.24, 2.45) is 0 Å². The lowest BCUT2D eigenvalue weighted by Gasteiger charge is -2.03. The van der Waals surface area contributed by atoms with Crippen LogP contribution in [0.5, 0.6) is 0 Å². The SMILES string of the molecule is ICCOCCOCCNI. The smallest absolute Gasteiger partial charge is 0.0701 e. The van der Waals surface area contributed by atoms with Crippen molar-refractivity contribution in [1.29, 1.82) is 0 Å². The average molecular weight is 385 g/mol. The molecule has 0 aromatic rings. The van der Waals surface area contributed by atoms with Gasteiger partial charge in [-0.15, -0.1) is 0 Å². The van der Waals surface area contributed by atoms with Crippen LogP contribution in [-0.4, -0.2) is 37.4 Å². The van der Waals surface area contributed by atoms with Gasteiger partial charge in [0, 0.05) is 33.8 Å². The summed E-state index contributed by atoms with van der Waals surface area (Å²) in [6, 6.07) is 0. The Morgan fingerprint density at radius 1 is 1.00 bits per heavy atom. The van der Waals surface area contributed by atoms with Crippen LogP contribution >= 0.6 is 45.5 Å². The minimum Gasteiger partial charge on any atom is -0.378 e. The van der Waals surface area contributed by atoms with Crippen LogP contribution in [0.3, 0.4) is 0 Å². The van der Waals surface area contributed by atoms with Gasteiger partial charge in [0.2, 0.25) is 0 Å². The first kappa shape index (κ1) is 12.3. The summed E-state index contributed by atoms with van der Waals surface area (Å²) >= 11 is 4.38. The highest BCUT2D eigenvalue weighted by molar-refractivity contribution is 14.1. The second-order valence-electron chi connectivity index (χ2n) is 1.80. The fourth-order valence-electron chi connectivity index (χ4n) is 0.487. The van der Waals surface area contributed by atoms with Crippen molar-refractivity contribution < 1.29 is 9.47 Å². The van der Waals surface area contributed by atoms with Crippen LogP contribution in [0.15, 0.2) is 0 Å². The molecule has 5 heteroatoms. The van der Waals surface area contributed by atoms with Crippen molar-refractivity contribution in [1.82, 2.24) is 3.53 Å². The highest BCUT2D eigenvalue weighted by Crippen LogP contribution is 1.83. The summed E-state index contributed by atoms with van der Waals surface area (Å²) in [5.41, 5.74) is 0. The highest BCUT2D eigenvalue weighted by Gasteiger charge is 1.87. The van der Waals surface area contributed by atoms with E-state index < -0.39 is 0 Å². The molecular weight excluding hydrogens is 372 g/mol. The van der Waals surface area contributed by atoms with E-state index in [4.69, 9.17) is 9.47 Å². The molecule has 0 atom stereocenters. The van der Waals surface area contributed by atoms with Gasteiger partial charge in [-0.05, 0) is 0 Å². The Morgan fingerprint density at radius 2 is 1.64 bits per heavy atom. The maximum atomic E-state index is 5.23. The van der Waals surface area contributed by atoms with E-state index in [1.807, 2.05) is 0 Å². The molecule has 0 aromatic carbocycles. The van der Waals surface area contributed by atoms with Crippen molar-refractivity contribution in [2.75, 3.05) is 37.4 Å². The topological polar surface area (TPSA) is 30.5 Å². The Bertz CT molecular complexity index is 67.6. The van der Waals surface area contributed by atoms with Gasteiger partial charge in [-0.1, -0.05) is 22.6 Å². The number of ether oxygens (including phenoxy) is 2. The Labute approximate surface area is 95.2 Å². The molecule has 0 saturated heterocycles. The second-order valence-corrected chi connectivity index (χ2v) is 3.64. The fourth-order valence-corrected chi connectivity index (χ4v) is 1.02. The van der Waals surface area contributed by atoms with E-state index in [9.17, 15) is 0 Å². The van der Waals surface area contributed by atoms with Crippen molar-refractivity contribution in [3.05, 3.63) is 0 Å². The third-order valence-electron chi connectivity index (χ3n) is 0.934. The first-order valence-electron chi connectivity index (χ1n) is 3.46. The van der Waals surface area contributed by atoms with Crippen molar-refractivity contribution >= 4 is 45.5 Å². The fraction of sp³-hybridized carbons (Fsp3) is 1.00. The summed E-state index contributed by atoms with van der Waals surface area (Å²) in [5, 5.41) is 0. The zero-order chi connectivity index (χ0) is 8.36. The Kier molecular flexibility index (Phi) is 12.7. The molecule has 0 unspecified atom stereocenters. The molecule has 1 N–H and O–H groups in total. The van der Waals surface area contributed by atoms with Crippen LogP contribution in [0.1, 0.15) is 0 Å². The predicted molar refractivity (Wildman–Crippen MR) is 62.5 cm³/mol. The molecule has 0 rings (SSSR count). The Balaban J connectivity index is 2.69. The van der Waals surface area contributed by atoms with Gasteiger partial charge < -0.3 is 9.47 Å². The third-order valence-corrected chi connectivity index (χ3v) is 1.91. The normalized spacial score (nSPS) is 10.4. The van der Waals surface area contributed by atoms with Crippen LogP contribution in [0.2, 0.25) is 0 Å². The molecule has 3 nitrogen and oxygen atoms in total. The number of hydrogen-bond donors (Lipinski definition) is 1. The molecule has 0 bridgehead atoms. The average Bonchev–Trinajstić information content (AvgIpc) is 2.03. The lowest BCUT2D eigenvalue weighted by Crippen LogP contribution is -2.12. The van der Waals surface area contributed by atoms with Gasteiger partial charge in [-0.3, -0.25) is 3.53 Å². The quantitative estimate of drug-likeness (QED) is 0.297. The standard InChI is InChI=1S/C6H13I2NO2/c7-1-3-10-5-6-11-4-2-9-8/h9H,1-6H2. The molecule has 0 heterocycles. The lowest BCUT2D eigenvalue weighted by molar-refractivity contribution is 0.0572. The monoisotopic (exact) mass is 385 g/mol. The number of nitrogens with one attached hydrogen (secondary N) is 1. The number of hydrogen-bond acceptors (Lipinski definition) is 3. The van der Waals surface area contributed by atoms with E-state index in [1.165, 1.54) is 0 Å². The molecule has 0 fully saturated rings. The van der Waals surface area contributed by atoms with Crippen LogP contribution in [0.4, 0.5) is 0 Å². The summed E-state index contributed by atoms with van der Waals surface area (Å²) in [4.78, 5) is 0. The maximum Gasteiger partial charge on any atom is 0.0701 e. The van der Waals surface area contributed by atoms with E-state index in [0.29, 0.717) is 13.2 Å². The zero-order valence-corrected chi connectivity index (χ0v) is 10.6. The van der Waals surface area contributed by atoms with Gasteiger partial charge >= 0.3 is 0 Å². The molecule has 0 spiro atoms. The highest BCUT2D eigenvalue weighted by atomic mass is 127. The summed E-state index contributed by atoms with van der Waals surface area (Å²) in [6.45, 7) is 3.90. The molecule has 0 aliphatic heterocycles. The maximum absolute atomic E-state index is 5.23. The number of rotatable bonds is 8. The van der Waals surface area contributed by atoms with E-state index in [2.05, 4.69) is 49.0 Å². The van der Waals surface area contributed by atoms with Gasteiger partial charge in [0.05, 0.1) is 26.4 Å². The van der Waals surface area contributed by atoms with Crippen LogP contribution < -0.4 is 3.53 Å². The molecule has 0 aliphatic carbocycles. The Morgan fingerprint density at radius 3 is 2.18 bits per heavy atom. The largest absolute Gasteiger partial charge is 0.378 e. The number of halogens is 2. The molecule has 11 heavy (non-hydrogen) atoms. The minimum absolute atomic E-state index is 0.703. The summed E-state index contributed by atoms with van der Waals surface area (Å²) in [7, 11) is 0. The van der Waals surface area contributed by atoms with E-state index in [-0.39, 0.29) is 0 Å². The first-order valence-corrected chi connectivity index (χ1v) is 6.07. The predicted octanol–water partition coefficient (Wildman–Crippen LogP) is 1.39. The van der Waals surface area contributed by atoms with Crippen molar-refractivity contribution in [3.63, 3.8) is 0 Å². The zero-order valence-electron chi connectivity index (χ0n) is 6.32. The van der Waals surface area contributed by atoms with E-state index in [0.717, 1.165) is 24.2 Å². The molecule has 68 valence electrons. The molecule has 0 radical (unpaired) electrons. The van der Waals surface area contributed by atoms with Crippen LogP contribution in [0, 0.1) is 0 Å². The number of alkyl halides is 1. The second kappa shape index (κ2) is 11.3. The summed E-state index contributed by atoms with van der Waals surface area (Å²) in [6.07, 6.45) is 0. The van der Waals surface area contributed by atoms with Crippen molar-refractivity contribution in [3.8, 4) is 0 Å². The molecule has 0 aliphatic rings. The molecule has 0 aromatic heterocycles.